The van der Waals surface area contributed by atoms with E-state index in [4.69, 9.17) is 0 Å². The first-order chi connectivity index (χ1) is 9.38. The van der Waals surface area contributed by atoms with Crippen LogP contribution in [-0.2, 0) is 6.54 Å². The van der Waals surface area contributed by atoms with Crippen LogP contribution in [0.15, 0.2) is 30.7 Å². The Morgan fingerprint density at radius 1 is 1.16 bits per heavy atom. The van der Waals surface area contributed by atoms with Gasteiger partial charge >= 0.3 is 0 Å². The Kier molecular flexibility index (Phi) is 5.04. The number of nitrogens with zero attached hydrogens (tertiary/aromatic N) is 4. The lowest BCUT2D eigenvalue weighted by atomic mass is 10.3. The molecule has 0 aromatic carbocycles. The quantitative estimate of drug-likeness (QED) is 0.741. The number of hydrogen-bond acceptors (Lipinski definition) is 6. The lowest BCUT2D eigenvalue weighted by Crippen LogP contribution is -2.08. The molecule has 6 heteroatoms. The number of unbranched alkanes of at least 4 members (excludes halogenated alkanes) is 1. The maximum Gasteiger partial charge on any atom is 0.244 e. The third-order valence-electron chi connectivity index (χ3n) is 2.60. The van der Waals surface area contributed by atoms with Crippen LogP contribution in [0.25, 0.3) is 0 Å². The third kappa shape index (κ3) is 4.50. The number of hydrogen-bond donors (Lipinski definition) is 2. The molecule has 0 saturated heterocycles. The summed E-state index contributed by atoms with van der Waals surface area (Å²) in [5.41, 5.74) is 1.13. The maximum atomic E-state index is 4.35. The molecule has 100 valence electrons. The standard InChI is InChI=1S/C13H18N6/c1-2-3-6-15-12-10-17-19-13(18-12)16-9-11-4-7-14-8-5-11/h4-5,7-8,10H,2-3,6,9H2,1H3,(H2,15,16,18,19). The minimum absolute atomic E-state index is 0.526. The van der Waals surface area contributed by atoms with E-state index in [0.717, 1.165) is 30.8 Å². The van der Waals surface area contributed by atoms with Crippen LogP contribution in [0.1, 0.15) is 25.3 Å². The van der Waals surface area contributed by atoms with Gasteiger partial charge in [-0.1, -0.05) is 13.3 Å². The lowest BCUT2D eigenvalue weighted by molar-refractivity contribution is 0.826. The van der Waals surface area contributed by atoms with E-state index in [2.05, 4.69) is 37.7 Å². The van der Waals surface area contributed by atoms with Crippen LogP contribution in [0.3, 0.4) is 0 Å². The van der Waals surface area contributed by atoms with E-state index >= 15 is 0 Å². The van der Waals surface area contributed by atoms with E-state index in [-0.39, 0.29) is 0 Å². The topological polar surface area (TPSA) is 75.6 Å². The summed E-state index contributed by atoms with van der Waals surface area (Å²) in [6.07, 6.45) is 7.42. The fourth-order valence-electron chi connectivity index (χ4n) is 1.54. The van der Waals surface area contributed by atoms with Crippen molar-refractivity contribution in [1.29, 1.82) is 0 Å². The molecule has 2 aromatic heterocycles. The first-order valence-electron chi connectivity index (χ1n) is 6.45. The van der Waals surface area contributed by atoms with Crippen molar-refractivity contribution < 1.29 is 0 Å². The van der Waals surface area contributed by atoms with Crippen molar-refractivity contribution in [1.82, 2.24) is 20.2 Å². The number of nitrogens with one attached hydrogen (secondary N) is 2. The molecule has 0 spiro atoms. The fraction of sp³-hybridized carbons (Fsp3) is 0.385. The van der Waals surface area contributed by atoms with Gasteiger partial charge in [0.25, 0.3) is 0 Å². The summed E-state index contributed by atoms with van der Waals surface area (Å²) >= 11 is 0. The van der Waals surface area contributed by atoms with Crippen LogP contribution in [0.2, 0.25) is 0 Å². The highest BCUT2D eigenvalue weighted by molar-refractivity contribution is 5.37. The minimum Gasteiger partial charge on any atom is -0.369 e. The van der Waals surface area contributed by atoms with E-state index in [1.807, 2.05) is 12.1 Å². The van der Waals surface area contributed by atoms with E-state index in [1.54, 1.807) is 18.6 Å². The lowest BCUT2D eigenvalue weighted by Gasteiger charge is -2.07. The molecule has 2 heterocycles. The van der Waals surface area contributed by atoms with Crippen LogP contribution in [-0.4, -0.2) is 26.7 Å². The van der Waals surface area contributed by atoms with Gasteiger partial charge in [0.2, 0.25) is 5.95 Å². The van der Waals surface area contributed by atoms with Crippen molar-refractivity contribution in [3.8, 4) is 0 Å². The van der Waals surface area contributed by atoms with Crippen LogP contribution in [0, 0.1) is 0 Å². The van der Waals surface area contributed by atoms with Crippen LogP contribution >= 0.6 is 0 Å². The molecule has 0 fully saturated rings. The maximum absolute atomic E-state index is 4.35. The van der Waals surface area contributed by atoms with Gasteiger partial charge in [0, 0.05) is 25.5 Å². The Hall–Kier alpha value is -2.24. The highest BCUT2D eigenvalue weighted by Crippen LogP contribution is 2.06. The molecule has 0 bridgehead atoms. The second-order valence-electron chi connectivity index (χ2n) is 4.15. The number of aromatic nitrogens is 4. The molecule has 2 aromatic rings. The molecule has 19 heavy (non-hydrogen) atoms. The van der Waals surface area contributed by atoms with Crippen LogP contribution < -0.4 is 10.6 Å². The molecule has 2 N–H and O–H groups in total. The monoisotopic (exact) mass is 258 g/mol. The van der Waals surface area contributed by atoms with Gasteiger partial charge in [-0.2, -0.15) is 10.1 Å². The van der Waals surface area contributed by atoms with Crippen molar-refractivity contribution >= 4 is 11.8 Å². The molecule has 0 aliphatic carbocycles. The summed E-state index contributed by atoms with van der Waals surface area (Å²) in [7, 11) is 0. The zero-order valence-corrected chi connectivity index (χ0v) is 11.0. The molecule has 0 aliphatic heterocycles. The zero-order chi connectivity index (χ0) is 13.3. The summed E-state index contributed by atoms with van der Waals surface area (Å²) in [5.74, 6) is 1.28. The average Bonchev–Trinajstić information content (AvgIpc) is 2.47. The molecule has 0 radical (unpaired) electrons. The normalized spacial score (nSPS) is 10.2. The second kappa shape index (κ2) is 7.25. The van der Waals surface area contributed by atoms with Gasteiger partial charge in [-0.3, -0.25) is 4.98 Å². The Labute approximate surface area is 112 Å². The number of pyridine rings is 1. The van der Waals surface area contributed by atoms with Crippen molar-refractivity contribution in [2.45, 2.75) is 26.3 Å². The largest absolute Gasteiger partial charge is 0.369 e. The number of rotatable bonds is 7. The van der Waals surface area contributed by atoms with E-state index in [0.29, 0.717) is 12.5 Å². The predicted molar refractivity (Wildman–Crippen MR) is 74.8 cm³/mol. The van der Waals surface area contributed by atoms with E-state index in [9.17, 15) is 0 Å². The molecule has 0 saturated carbocycles. The molecule has 2 rings (SSSR count). The molecule has 0 unspecified atom stereocenters. The summed E-state index contributed by atoms with van der Waals surface area (Å²) in [6, 6.07) is 3.90. The van der Waals surface area contributed by atoms with Gasteiger partial charge in [0.15, 0.2) is 0 Å². The van der Waals surface area contributed by atoms with E-state index < -0.39 is 0 Å². The molecule has 0 amide bonds. The minimum atomic E-state index is 0.526. The zero-order valence-electron chi connectivity index (χ0n) is 11.0. The summed E-state index contributed by atoms with van der Waals surface area (Å²) in [4.78, 5) is 8.32. The van der Waals surface area contributed by atoms with Gasteiger partial charge in [-0.15, -0.1) is 5.10 Å². The third-order valence-corrected chi connectivity index (χ3v) is 2.60. The fourth-order valence-corrected chi connectivity index (χ4v) is 1.54. The number of anilines is 2. The van der Waals surface area contributed by atoms with Crippen molar-refractivity contribution in [2.24, 2.45) is 0 Å². The first kappa shape index (κ1) is 13.2. The smallest absolute Gasteiger partial charge is 0.244 e. The molecule has 6 nitrogen and oxygen atoms in total. The Balaban J connectivity index is 1.88. The van der Waals surface area contributed by atoms with Gasteiger partial charge in [-0.25, -0.2) is 0 Å². The average molecular weight is 258 g/mol. The molecular formula is C13H18N6. The van der Waals surface area contributed by atoms with Crippen molar-refractivity contribution in [3.05, 3.63) is 36.3 Å². The van der Waals surface area contributed by atoms with Crippen LogP contribution in [0.5, 0.6) is 0 Å². The molecular weight excluding hydrogens is 240 g/mol. The van der Waals surface area contributed by atoms with Crippen LogP contribution in [0.4, 0.5) is 11.8 Å². The summed E-state index contributed by atoms with van der Waals surface area (Å²) in [5, 5.41) is 14.2. The SMILES string of the molecule is CCCCNc1cnnc(NCc2ccncc2)n1. The van der Waals surface area contributed by atoms with Crippen molar-refractivity contribution in [2.75, 3.05) is 17.2 Å². The molecule has 0 atom stereocenters. The van der Waals surface area contributed by atoms with Gasteiger partial charge < -0.3 is 10.6 Å². The van der Waals surface area contributed by atoms with Gasteiger partial charge in [-0.05, 0) is 24.1 Å². The predicted octanol–water partition coefficient (Wildman–Crippen LogP) is 2.09. The Morgan fingerprint density at radius 2 is 2.00 bits per heavy atom. The highest BCUT2D eigenvalue weighted by atomic mass is 15.3. The van der Waals surface area contributed by atoms with Crippen molar-refractivity contribution in [3.63, 3.8) is 0 Å². The summed E-state index contributed by atoms with van der Waals surface area (Å²) in [6.45, 7) is 3.71. The van der Waals surface area contributed by atoms with E-state index in [1.165, 1.54) is 0 Å². The van der Waals surface area contributed by atoms with Gasteiger partial charge in [0.05, 0.1) is 6.20 Å². The Morgan fingerprint density at radius 3 is 2.79 bits per heavy atom. The Bertz CT molecular complexity index is 488. The summed E-state index contributed by atoms with van der Waals surface area (Å²) < 4.78 is 0. The first-order valence-corrected chi connectivity index (χ1v) is 6.45. The molecule has 0 aliphatic rings. The highest BCUT2D eigenvalue weighted by Gasteiger charge is 2.00. The second-order valence-corrected chi connectivity index (χ2v) is 4.15. The van der Waals surface area contributed by atoms with Gasteiger partial charge in [0.1, 0.15) is 5.82 Å².